The Morgan fingerprint density at radius 3 is 2.28 bits per heavy atom. The summed E-state index contributed by atoms with van der Waals surface area (Å²) < 4.78 is 33.5. The summed E-state index contributed by atoms with van der Waals surface area (Å²) in [6.07, 6.45) is 10.5. The third-order valence-corrected chi connectivity index (χ3v) is 8.19. The van der Waals surface area contributed by atoms with Gasteiger partial charge in [-0.1, -0.05) is 12.1 Å². The lowest BCUT2D eigenvalue weighted by atomic mass is 9.53. The molecule has 6 rings (SSSR count). The molecule has 1 N–H and O–H groups in total. The molecule has 1 atom stereocenters. The van der Waals surface area contributed by atoms with Crippen molar-refractivity contribution in [1.82, 2.24) is 10.2 Å². The molecule has 5 fully saturated rings. The average molecular weight is 463 g/mol. The molecular weight excluding hydrogens is 428 g/mol. The van der Waals surface area contributed by atoms with Crippen LogP contribution in [0.1, 0.15) is 56.9 Å². The van der Waals surface area contributed by atoms with Crippen molar-refractivity contribution in [2.24, 2.45) is 17.8 Å². The van der Waals surface area contributed by atoms with Gasteiger partial charge < -0.3 is 19.1 Å². The second kappa shape index (κ2) is 8.52. The first kappa shape index (κ1) is 22.0. The van der Waals surface area contributed by atoms with Crippen LogP contribution in [0.2, 0.25) is 0 Å². The SMILES string of the molecule is CS(=O)(=O)Oc1ccc(CN(CC2CCCO2)C(=O)NC23CC4CC(CC(C4)C2)C3)cc1. The molecule has 2 amide bonds. The molecule has 4 saturated carbocycles. The van der Waals surface area contributed by atoms with Crippen molar-refractivity contribution in [1.29, 1.82) is 0 Å². The molecule has 0 spiro atoms. The van der Waals surface area contributed by atoms with E-state index in [1.165, 1.54) is 19.3 Å². The lowest BCUT2D eigenvalue weighted by Crippen LogP contribution is -2.62. The zero-order valence-electron chi connectivity index (χ0n) is 18.8. The molecule has 1 unspecified atom stereocenters. The van der Waals surface area contributed by atoms with Gasteiger partial charge in [0.05, 0.1) is 12.4 Å². The van der Waals surface area contributed by atoms with Crippen LogP contribution >= 0.6 is 0 Å². The minimum atomic E-state index is -3.56. The van der Waals surface area contributed by atoms with Crippen LogP contribution in [-0.4, -0.2) is 50.4 Å². The molecular formula is C24H34N2O5S. The summed E-state index contributed by atoms with van der Waals surface area (Å²) in [6, 6.07) is 6.91. The van der Waals surface area contributed by atoms with E-state index in [1.807, 2.05) is 17.0 Å². The summed E-state index contributed by atoms with van der Waals surface area (Å²) in [5.74, 6) is 2.60. The first-order chi connectivity index (χ1) is 15.3. The van der Waals surface area contributed by atoms with Crippen molar-refractivity contribution in [2.45, 2.75) is 69.6 Å². The van der Waals surface area contributed by atoms with Crippen molar-refractivity contribution in [2.75, 3.05) is 19.4 Å². The quantitative estimate of drug-likeness (QED) is 0.625. The second-order valence-electron chi connectivity index (χ2n) is 10.6. The van der Waals surface area contributed by atoms with Crippen molar-refractivity contribution >= 4 is 16.1 Å². The normalized spacial score (nSPS) is 33.3. The van der Waals surface area contributed by atoms with Crippen LogP contribution in [0.3, 0.4) is 0 Å². The summed E-state index contributed by atoms with van der Waals surface area (Å²) in [6.45, 7) is 1.78. The Labute approximate surface area is 191 Å². The molecule has 0 aromatic heterocycles. The molecule has 8 heteroatoms. The Balaban J connectivity index is 1.29. The largest absolute Gasteiger partial charge is 0.383 e. The number of amides is 2. The highest BCUT2D eigenvalue weighted by molar-refractivity contribution is 7.86. The van der Waals surface area contributed by atoms with Crippen LogP contribution in [0.15, 0.2) is 24.3 Å². The van der Waals surface area contributed by atoms with Gasteiger partial charge >= 0.3 is 16.1 Å². The van der Waals surface area contributed by atoms with E-state index in [0.717, 1.165) is 68.3 Å². The Kier molecular flexibility index (Phi) is 5.86. The molecule has 5 aliphatic rings. The summed E-state index contributed by atoms with van der Waals surface area (Å²) >= 11 is 0. The maximum atomic E-state index is 13.5. The number of nitrogens with zero attached hydrogens (tertiary/aromatic N) is 1. The summed E-state index contributed by atoms with van der Waals surface area (Å²) in [4.78, 5) is 15.4. The first-order valence-electron chi connectivity index (χ1n) is 11.9. The van der Waals surface area contributed by atoms with Crippen molar-refractivity contribution in [3.63, 3.8) is 0 Å². The molecule has 7 nitrogen and oxygen atoms in total. The number of carbonyl (C=O) groups excluding carboxylic acids is 1. The van der Waals surface area contributed by atoms with Crippen molar-refractivity contribution in [3.8, 4) is 5.75 Å². The van der Waals surface area contributed by atoms with Crippen LogP contribution in [0.25, 0.3) is 0 Å². The number of hydrogen-bond acceptors (Lipinski definition) is 5. The topological polar surface area (TPSA) is 84.9 Å². The Bertz CT molecular complexity index is 904. The van der Waals surface area contributed by atoms with Gasteiger partial charge in [0.2, 0.25) is 0 Å². The van der Waals surface area contributed by atoms with Crippen LogP contribution in [0.4, 0.5) is 4.79 Å². The number of carbonyl (C=O) groups is 1. The zero-order valence-corrected chi connectivity index (χ0v) is 19.6. The lowest BCUT2D eigenvalue weighted by Gasteiger charge is -2.57. The van der Waals surface area contributed by atoms with Crippen LogP contribution in [-0.2, 0) is 21.4 Å². The molecule has 4 bridgehead atoms. The maximum Gasteiger partial charge on any atom is 0.318 e. The maximum absolute atomic E-state index is 13.5. The highest BCUT2D eigenvalue weighted by atomic mass is 32.2. The van der Waals surface area contributed by atoms with E-state index in [4.69, 9.17) is 8.92 Å². The fraction of sp³-hybridized carbons (Fsp3) is 0.708. The lowest BCUT2D eigenvalue weighted by molar-refractivity contribution is -0.0168. The Hall–Kier alpha value is -1.80. The number of benzene rings is 1. The summed E-state index contributed by atoms with van der Waals surface area (Å²) in [5, 5.41) is 3.49. The summed E-state index contributed by atoms with van der Waals surface area (Å²) in [7, 11) is -3.56. The smallest absolute Gasteiger partial charge is 0.318 e. The molecule has 1 aliphatic heterocycles. The van der Waals surface area contributed by atoms with Gasteiger partial charge in [-0.3, -0.25) is 0 Å². The van der Waals surface area contributed by atoms with Crippen molar-refractivity contribution < 1.29 is 22.1 Å². The van der Waals surface area contributed by atoms with Crippen molar-refractivity contribution in [3.05, 3.63) is 29.8 Å². The molecule has 1 aromatic rings. The molecule has 176 valence electrons. The van der Waals surface area contributed by atoms with Gasteiger partial charge in [-0.15, -0.1) is 0 Å². The van der Waals surface area contributed by atoms with Gasteiger partial charge in [-0.2, -0.15) is 8.42 Å². The number of hydrogen-bond donors (Lipinski definition) is 1. The molecule has 4 aliphatic carbocycles. The van der Waals surface area contributed by atoms with Crippen LogP contribution in [0.5, 0.6) is 5.75 Å². The van der Waals surface area contributed by atoms with E-state index in [2.05, 4.69) is 5.32 Å². The third-order valence-electron chi connectivity index (χ3n) is 7.69. The van der Waals surface area contributed by atoms with E-state index < -0.39 is 10.1 Å². The van der Waals surface area contributed by atoms with E-state index in [-0.39, 0.29) is 23.4 Å². The van der Waals surface area contributed by atoms with Gasteiger partial charge in [-0.25, -0.2) is 4.79 Å². The molecule has 1 aromatic carbocycles. The predicted molar refractivity (Wildman–Crippen MR) is 121 cm³/mol. The van der Waals surface area contributed by atoms with Crippen LogP contribution < -0.4 is 9.50 Å². The second-order valence-corrected chi connectivity index (χ2v) is 12.1. The zero-order chi connectivity index (χ0) is 22.3. The van der Waals surface area contributed by atoms with Gasteiger partial charge in [0, 0.05) is 25.2 Å². The van der Waals surface area contributed by atoms with Gasteiger partial charge in [-0.05, 0) is 86.8 Å². The molecule has 1 saturated heterocycles. The third kappa shape index (κ3) is 5.06. The highest BCUT2D eigenvalue weighted by Gasteiger charge is 2.51. The number of nitrogens with one attached hydrogen (secondary N) is 1. The van der Waals surface area contributed by atoms with E-state index in [0.29, 0.717) is 13.1 Å². The highest BCUT2D eigenvalue weighted by Crippen LogP contribution is 2.55. The fourth-order valence-electron chi connectivity index (χ4n) is 6.87. The summed E-state index contributed by atoms with van der Waals surface area (Å²) in [5.41, 5.74) is 0.901. The van der Waals surface area contributed by atoms with E-state index in [1.54, 1.807) is 12.1 Å². The fourth-order valence-corrected chi connectivity index (χ4v) is 7.33. The Morgan fingerprint density at radius 1 is 1.12 bits per heavy atom. The first-order valence-corrected chi connectivity index (χ1v) is 13.7. The minimum absolute atomic E-state index is 0.00101. The van der Waals surface area contributed by atoms with Gasteiger partial charge in [0.15, 0.2) is 0 Å². The number of urea groups is 1. The van der Waals surface area contributed by atoms with Gasteiger partial charge in [0.25, 0.3) is 0 Å². The molecule has 0 radical (unpaired) electrons. The molecule has 1 heterocycles. The van der Waals surface area contributed by atoms with E-state index >= 15 is 0 Å². The standard InChI is InChI=1S/C24H34N2O5S/c1-32(28,29)31-21-6-4-17(5-7-21)15-26(16-22-3-2-8-30-22)23(27)25-24-12-18-9-19(13-24)11-20(10-18)14-24/h4-7,18-20,22H,2-3,8-16H2,1H3,(H,25,27). The minimum Gasteiger partial charge on any atom is -0.383 e. The van der Waals surface area contributed by atoms with Crippen LogP contribution in [0, 0.1) is 17.8 Å². The predicted octanol–water partition coefficient (Wildman–Crippen LogP) is 3.68. The Morgan fingerprint density at radius 2 is 1.75 bits per heavy atom. The van der Waals surface area contributed by atoms with Gasteiger partial charge in [0.1, 0.15) is 5.75 Å². The number of rotatable bonds is 7. The average Bonchev–Trinajstić information content (AvgIpc) is 3.19. The van der Waals surface area contributed by atoms with E-state index in [9.17, 15) is 13.2 Å². The molecule has 32 heavy (non-hydrogen) atoms. The monoisotopic (exact) mass is 462 g/mol. The number of ether oxygens (including phenoxy) is 1.